The normalized spacial score (nSPS) is 15.0. The highest BCUT2D eigenvalue weighted by Crippen LogP contribution is 2.44. The predicted molar refractivity (Wildman–Crippen MR) is 176 cm³/mol. The van der Waals surface area contributed by atoms with Gasteiger partial charge in [-0.15, -0.1) is 11.6 Å². The van der Waals surface area contributed by atoms with Gasteiger partial charge in [-0.2, -0.15) is 0 Å². The molecule has 5 nitrogen and oxygen atoms in total. The van der Waals surface area contributed by atoms with Gasteiger partial charge in [0.25, 0.3) is 0 Å². The maximum atomic E-state index is 7.35. The van der Waals surface area contributed by atoms with E-state index in [1.807, 2.05) is 36.4 Å². The maximum Gasteiger partial charge on any atom is 0.200 e. The summed E-state index contributed by atoms with van der Waals surface area (Å²) in [5.74, 6) is 1.63. The summed E-state index contributed by atoms with van der Waals surface area (Å²) in [6, 6.07) is 7.98. The molecule has 7 heteroatoms. The van der Waals surface area contributed by atoms with Crippen LogP contribution >= 0.6 is 11.6 Å². The third kappa shape index (κ3) is 12.8. The molecule has 234 valence electrons. The van der Waals surface area contributed by atoms with Crippen molar-refractivity contribution in [3.63, 3.8) is 0 Å². The molecular weight excluding hydrogens is 552 g/mol. The van der Waals surface area contributed by atoms with Crippen LogP contribution in [0.1, 0.15) is 73.8 Å². The van der Waals surface area contributed by atoms with E-state index in [0.717, 1.165) is 29.7 Å². The number of hydrogen-bond acceptors (Lipinski definition) is 5. The maximum absolute atomic E-state index is 7.35. The zero-order chi connectivity index (χ0) is 30.8. The molecule has 2 atom stereocenters. The van der Waals surface area contributed by atoms with Crippen LogP contribution < -0.4 is 4.74 Å². The van der Waals surface area contributed by atoms with Crippen molar-refractivity contribution >= 4 is 19.9 Å². The fraction of sp³-hybridized carbons (Fsp3) is 0.647. The van der Waals surface area contributed by atoms with E-state index in [1.54, 1.807) is 14.2 Å². The smallest absolute Gasteiger partial charge is 0.200 e. The highest BCUT2D eigenvalue weighted by molar-refractivity contribution is 6.77. The Kier molecular flexibility index (Phi) is 18.8. The van der Waals surface area contributed by atoms with Gasteiger partial charge in [-0.05, 0) is 65.6 Å². The standard InChI is InChI=1S/C34H57ClO5Si/c1-26(2)41(27(3)4,28(5)6)40-34(30(8)14-12-11-13-21-35)20-15-29(7)32(24-39-25-36-9)23-38-22-31-16-18-33(37-10)19-17-31/h11-14,16-19,26-28,30,34H,15,20-25H2,1-10H3/b13-11-,14-12+,32-29-/t30-,34-/m0/s1. The molecule has 1 aromatic rings. The summed E-state index contributed by atoms with van der Waals surface area (Å²) in [6.07, 6.45) is 10.3. The SMILES string of the molecule is COCOC/C(COCc1ccc(OC)cc1)=C(/C)CC[C@H](O[Si](C(C)C)(C(C)C)C(C)C)[C@@H](C)/C=C/C=C\CCl. The second-order valence-electron chi connectivity index (χ2n) is 11.8. The average Bonchev–Trinajstić information content (AvgIpc) is 2.94. The summed E-state index contributed by atoms with van der Waals surface area (Å²) in [5.41, 5.74) is 5.13. The van der Waals surface area contributed by atoms with Gasteiger partial charge < -0.3 is 23.4 Å². The van der Waals surface area contributed by atoms with Crippen LogP contribution in [0.5, 0.6) is 5.75 Å². The molecule has 0 aliphatic rings. The number of ether oxygens (including phenoxy) is 4. The number of alkyl halides is 1. The average molecular weight is 609 g/mol. The minimum atomic E-state index is -2.06. The molecule has 0 saturated heterocycles. The first-order chi connectivity index (χ1) is 19.5. The van der Waals surface area contributed by atoms with Gasteiger partial charge in [-0.25, -0.2) is 0 Å². The van der Waals surface area contributed by atoms with E-state index < -0.39 is 8.32 Å². The van der Waals surface area contributed by atoms with Gasteiger partial charge in [-0.3, -0.25) is 0 Å². The third-order valence-corrected chi connectivity index (χ3v) is 14.3. The lowest BCUT2D eigenvalue weighted by Crippen LogP contribution is -2.51. The molecule has 0 bridgehead atoms. The van der Waals surface area contributed by atoms with Crippen LogP contribution in [0.2, 0.25) is 16.6 Å². The molecule has 0 aromatic heterocycles. The Morgan fingerprint density at radius 2 is 1.49 bits per heavy atom. The lowest BCUT2D eigenvalue weighted by atomic mass is 9.96. The molecule has 1 rings (SSSR count). The molecule has 41 heavy (non-hydrogen) atoms. The van der Waals surface area contributed by atoms with Crippen LogP contribution in [0.15, 0.2) is 59.7 Å². The second-order valence-corrected chi connectivity index (χ2v) is 17.5. The highest BCUT2D eigenvalue weighted by atomic mass is 35.5. The van der Waals surface area contributed by atoms with Crippen molar-refractivity contribution in [1.82, 2.24) is 0 Å². The van der Waals surface area contributed by atoms with Gasteiger partial charge in [-0.1, -0.05) is 90.5 Å². The fourth-order valence-electron chi connectivity index (χ4n) is 5.68. The first-order valence-corrected chi connectivity index (χ1v) is 17.7. The minimum Gasteiger partial charge on any atom is -0.497 e. The quantitative estimate of drug-likeness (QED) is 0.0347. The Bertz CT molecular complexity index is 902. The van der Waals surface area contributed by atoms with Crippen molar-refractivity contribution in [3.05, 3.63) is 65.3 Å². The zero-order valence-corrected chi connectivity index (χ0v) is 29.1. The van der Waals surface area contributed by atoms with Gasteiger partial charge in [0.05, 0.1) is 33.0 Å². The van der Waals surface area contributed by atoms with Crippen molar-refractivity contribution in [2.45, 2.75) is 97.6 Å². The first kappa shape index (κ1) is 37.6. The molecule has 1 aromatic carbocycles. The predicted octanol–water partition coefficient (Wildman–Crippen LogP) is 9.48. The summed E-state index contributed by atoms with van der Waals surface area (Å²) >= 11 is 5.84. The minimum absolute atomic E-state index is 0.117. The van der Waals surface area contributed by atoms with E-state index in [0.29, 0.717) is 42.3 Å². The first-order valence-electron chi connectivity index (χ1n) is 15.0. The Labute approximate surface area is 257 Å². The molecule has 0 unspecified atom stereocenters. The largest absolute Gasteiger partial charge is 0.497 e. The third-order valence-electron chi connectivity index (χ3n) is 7.99. The molecular formula is C34H57ClO5Si. The highest BCUT2D eigenvalue weighted by Gasteiger charge is 2.47. The molecule has 0 saturated carbocycles. The van der Waals surface area contributed by atoms with Crippen molar-refractivity contribution in [2.75, 3.05) is 40.1 Å². The second kappa shape index (κ2) is 20.5. The molecule has 0 aliphatic carbocycles. The number of benzene rings is 1. The van der Waals surface area contributed by atoms with Crippen molar-refractivity contribution in [3.8, 4) is 5.75 Å². The van der Waals surface area contributed by atoms with Crippen molar-refractivity contribution in [1.29, 1.82) is 0 Å². The van der Waals surface area contributed by atoms with Crippen LogP contribution in [0.4, 0.5) is 0 Å². The molecule has 0 aliphatic heterocycles. The van der Waals surface area contributed by atoms with Gasteiger partial charge in [0.15, 0.2) is 0 Å². The molecule has 0 radical (unpaired) electrons. The monoisotopic (exact) mass is 608 g/mol. The van der Waals surface area contributed by atoms with Gasteiger partial charge >= 0.3 is 0 Å². The fourth-order valence-corrected chi connectivity index (χ4v) is 11.5. The summed E-state index contributed by atoms with van der Waals surface area (Å²) in [6.45, 7) is 20.3. The summed E-state index contributed by atoms with van der Waals surface area (Å²) in [4.78, 5) is 0. The van der Waals surface area contributed by atoms with E-state index >= 15 is 0 Å². The van der Waals surface area contributed by atoms with Crippen LogP contribution in [0.25, 0.3) is 0 Å². The Hall–Kier alpha value is -1.41. The molecule has 0 fully saturated rings. The molecule has 0 heterocycles. The summed E-state index contributed by atoms with van der Waals surface area (Å²) in [7, 11) is 1.25. The van der Waals surface area contributed by atoms with Crippen LogP contribution in [-0.4, -0.2) is 54.5 Å². The number of methoxy groups -OCH3 is 2. The summed E-state index contributed by atoms with van der Waals surface area (Å²) in [5, 5.41) is 0. The van der Waals surface area contributed by atoms with Crippen LogP contribution in [0.3, 0.4) is 0 Å². The van der Waals surface area contributed by atoms with Gasteiger partial charge in [0, 0.05) is 13.0 Å². The van der Waals surface area contributed by atoms with Crippen molar-refractivity contribution < 1.29 is 23.4 Å². The van der Waals surface area contributed by atoms with E-state index in [2.05, 4.69) is 67.5 Å². The number of allylic oxidation sites excluding steroid dienone is 4. The van der Waals surface area contributed by atoms with E-state index in [4.69, 9.17) is 35.0 Å². The lowest BCUT2D eigenvalue weighted by Gasteiger charge is -2.45. The molecule has 0 N–H and O–H groups in total. The molecule has 0 amide bonds. The van der Waals surface area contributed by atoms with Gasteiger partial charge in [0.1, 0.15) is 12.5 Å². The van der Waals surface area contributed by atoms with E-state index in [9.17, 15) is 0 Å². The van der Waals surface area contributed by atoms with E-state index in [-0.39, 0.29) is 18.8 Å². The Morgan fingerprint density at radius 1 is 0.878 bits per heavy atom. The van der Waals surface area contributed by atoms with Gasteiger partial charge in [0.2, 0.25) is 8.32 Å². The van der Waals surface area contributed by atoms with Crippen LogP contribution in [0, 0.1) is 5.92 Å². The van der Waals surface area contributed by atoms with Crippen molar-refractivity contribution in [2.24, 2.45) is 5.92 Å². The zero-order valence-electron chi connectivity index (χ0n) is 27.4. The topological polar surface area (TPSA) is 46.2 Å². The van der Waals surface area contributed by atoms with Crippen LogP contribution in [-0.2, 0) is 25.2 Å². The number of rotatable bonds is 21. The summed E-state index contributed by atoms with van der Waals surface area (Å²) < 4.78 is 29.7. The Balaban J connectivity index is 3.16. The molecule has 0 spiro atoms. The number of halogens is 1. The lowest BCUT2D eigenvalue weighted by molar-refractivity contribution is -0.0248. The number of hydrogen-bond donors (Lipinski definition) is 0. The Morgan fingerprint density at radius 3 is 2.02 bits per heavy atom. The van der Waals surface area contributed by atoms with E-state index in [1.165, 1.54) is 5.57 Å².